The van der Waals surface area contributed by atoms with Crippen molar-refractivity contribution in [2.45, 2.75) is 36.3 Å². The number of aliphatic hydroxyl groups excluding tert-OH is 5. The minimum absolute atomic E-state index is 1.58. The van der Waals surface area contributed by atoms with E-state index in [1.165, 1.54) is 0 Å². The Balaban J connectivity index is 2.24. The second kappa shape index (κ2) is 2.61. The largest absolute Gasteiger partial charge is 0.387 e. The van der Waals surface area contributed by atoms with E-state index in [-0.39, 0.29) is 0 Å². The van der Waals surface area contributed by atoms with Crippen LogP contribution in [0.15, 0.2) is 0 Å². The van der Waals surface area contributed by atoms with Gasteiger partial charge in [-0.1, -0.05) is 0 Å². The monoisotopic (exact) mass is 194 g/mol. The Morgan fingerprint density at radius 2 is 1.08 bits per heavy atom. The summed E-state index contributed by atoms with van der Waals surface area (Å²) in [7, 11) is 0. The van der Waals surface area contributed by atoms with Crippen LogP contribution in [0.2, 0.25) is 0 Å². The van der Waals surface area contributed by atoms with Crippen LogP contribution >= 0.6 is 0 Å². The van der Waals surface area contributed by atoms with Gasteiger partial charge in [0, 0.05) is 0 Å². The molecule has 76 valence electrons. The van der Waals surface area contributed by atoms with Crippen molar-refractivity contribution in [3.05, 3.63) is 0 Å². The summed E-state index contributed by atoms with van der Waals surface area (Å²) < 4.78 is 0. The van der Waals surface area contributed by atoms with Crippen molar-refractivity contribution in [1.29, 1.82) is 0 Å². The summed E-state index contributed by atoms with van der Waals surface area (Å²) in [6.07, 6.45) is -8.01. The third kappa shape index (κ3) is 1.03. The van der Waals surface area contributed by atoms with Crippen molar-refractivity contribution >= 4 is 0 Å². The molecule has 0 amide bonds. The van der Waals surface area contributed by atoms with E-state index in [1.807, 2.05) is 0 Å². The summed E-state index contributed by atoms with van der Waals surface area (Å²) in [5.74, 6) is -1.78. The topological polar surface area (TPSA) is 126 Å². The average Bonchev–Trinajstić information content (AvgIpc) is 2.91. The van der Waals surface area contributed by atoms with E-state index in [2.05, 4.69) is 9.78 Å². The van der Waals surface area contributed by atoms with Gasteiger partial charge in [0.25, 0.3) is 5.79 Å². The molecule has 0 bridgehead atoms. The highest BCUT2D eigenvalue weighted by atomic mass is 17.4. The van der Waals surface area contributed by atoms with Gasteiger partial charge < -0.3 is 25.5 Å². The van der Waals surface area contributed by atoms with Gasteiger partial charge in [-0.25, -0.2) is 0 Å². The predicted molar refractivity (Wildman–Crippen MR) is 34.9 cm³/mol. The maximum absolute atomic E-state index is 9.30. The maximum atomic E-state index is 9.30. The fraction of sp³-hybridized carbons (Fsp3) is 1.00. The molecule has 0 aromatic carbocycles. The molecular formula is C6H10O7. The molecule has 2 rings (SSSR count). The summed E-state index contributed by atoms with van der Waals surface area (Å²) in [6.45, 7) is 0. The molecule has 1 aliphatic carbocycles. The molecule has 1 aliphatic heterocycles. The molecule has 0 unspecified atom stereocenters. The van der Waals surface area contributed by atoms with Crippen LogP contribution < -0.4 is 0 Å². The molecule has 1 heterocycles. The molecule has 7 nitrogen and oxygen atoms in total. The van der Waals surface area contributed by atoms with Crippen molar-refractivity contribution in [2.24, 2.45) is 0 Å². The minimum Gasteiger partial charge on any atom is -0.387 e. The smallest absolute Gasteiger partial charge is 0.290 e. The zero-order chi connectivity index (χ0) is 9.80. The van der Waals surface area contributed by atoms with Gasteiger partial charge in [-0.15, -0.1) is 0 Å². The van der Waals surface area contributed by atoms with Gasteiger partial charge in [0.1, 0.15) is 30.5 Å². The van der Waals surface area contributed by atoms with Gasteiger partial charge in [0.15, 0.2) is 0 Å². The first kappa shape index (κ1) is 9.28. The Labute approximate surface area is 72.7 Å². The fourth-order valence-electron chi connectivity index (χ4n) is 1.47. The third-order valence-corrected chi connectivity index (χ3v) is 2.45. The lowest BCUT2D eigenvalue weighted by Crippen LogP contribution is -2.65. The van der Waals surface area contributed by atoms with Crippen LogP contribution in [0.25, 0.3) is 0 Å². The number of rotatable bonds is 0. The van der Waals surface area contributed by atoms with Crippen LogP contribution in [0.4, 0.5) is 0 Å². The molecule has 1 saturated carbocycles. The Hall–Kier alpha value is -0.280. The van der Waals surface area contributed by atoms with E-state index in [0.717, 1.165) is 0 Å². The van der Waals surface area contributed by atoms with Crippen molar-refractivity contribution in [2.75, 3.05) is 0 Å². The lowest BCUT2D eigenvalue weighted by atomic mass is 9.83. The van der Waals surface area contributed by atoms with E-state index < -0.39 is 36.3 Å². The maximum Gasteiger partial charge on any atom is 0.290 e. The molecule has 1 saturated heterocycles. The summed E-state index contributed by atoms with van der Waals surface area (Å²) in [4.78, 5) is 8.64. The van der Waals surface area contributed by atoms with Crippen LogP contribution in [-0.4, -0.2) is 61.8 Å². The highest BCUT2D eigenvalue weighted by Gasteiger charge is 2.70. The molecular weight excluding hydrogens is 184 g/mol. The number of hydrogen-bond donors (Lipinski definition) is 5. The van der Waals surface area contributed by atoms with Crippen LogP contribution in [0.3, 0.4) is 0 Å². The Morgan fingerprint density at radius 3 is 1.38 bits per heavy atom. The molecule has 2 fully saturated rings. The third-order valence-electron chi connectivity index (χ3n) is 2.45. The van der Waals surface area contributed by atoms with Crippen LogP contribution in [0, 0.1) is 0 Å². The first-order valence-corrected chi connectivity index (χ1v) is 3.78. The lowest BCUT2D eigenvalue weighted by Gasteiger charge is -2.37. The Bertz CT molecular complexity index is 197. The van der Waals surface area contributed by atoms with Crippen LogP contribution in [0.1, 0.15) is 0 Å². The first-order valence-electron chi connectivity index (χ1n) is 3.78. The molecule has 5 atom stereocenters. The number of aliphatic hydroxyl groups is 5. The van der Waals surface area contributed by atoms with Crippen molar-refractivity contribution in [1.82, 2.24) is 0 Å². The van der Waals surface area contributed by atoms with Gasteiger partial charge in [-0.3, -0.25) is 0 Å². The molecule has 13 heavy (non-hydrogen) atoms. The summed E-state index contributed by atoms with van der Waals surface area (Å²) in [6, 6.07) is 0. The quantitative estimate of drug-likeness (QED) is 0.200. The summed E-state index contributed by atoms with van der Waals surface area (Å²) in [5, 5.41) is 46.1. The zero-order valence-electron chi connectivity index (χ0n) is 6.44. The SMILES string of the molecule is O[C@H]1[C@@H](O)[C@@H](O)C2(OO2)[C@@H](O)[C@H]1O. The minimum atomic E-state index is -1.78. The predicted octanol–water partition coefficient (Wildman–Crippen LogP) is -3.54. The van der Waals surface area contributed by atoms with Gasteiger partial charge in [-0.2, -0.15) is 9.78 Å². The molecule has 2 aliphatic rings. The second-order valence-electron chi connectivity index (χ2n) is 3.25. The average molecular weight is 194 g/mol. The van der Waals surface area contributed by atoms with Gasteiger partial charge >= 0.3 is 0 Å². The standard InChI is InChI=1S/C6H10O7/c7-1-2(8)4(10)6(12-13-6)5(11)3(1)9/h1-5,7-11H/t1-,2+,3-,4+,5-. The van der Waals surface area contributed by atoms with Gasteiger partial charge in [0.2, 0.25) is 0 Å². The van der Waals surface area contributed by atoms with Crippen LogP contribution in [-0.2, 0) is 9.78 Å². The molecule has 0 aromatic rings. The number of hydrogen-bond acceptors (Lipinski definition) is 7. The lowest BCUT2D eigenvalue weighted by molar-refractivity contribution is -0.215. The molecule has 0 radical (unpaired) electrons. The molecule has 5 N–H and O–H groups in total. The van der Waals surface area contributed by atoms with Crippen molar-refractivity contribution < 1.29 is 35.3 Å². The Kier molecular flexibility index (Phi) is 1.86. The van der Waals surface area contributed by atoms with Crippen molar-refractivity contribution in [3.8, 4) is 0 Å². The summed E-state index contributed by atoms with van der Waals surface area (Å²) in [5.41, 5.74) is 0. The normalized spacial score (nSPS) is 53.8. The van der Waals surface area contributed by atoms with E-state index >= 15 is 0 Å². The second-order valence-corrected chi connectivity index (χ2v) is 3.25. The highest BCUT2D eigenvalue weighted by molar-refractivity contribution is 5.06. The zero-order valence-corrected chi connectivity index (χ0v) is 6.44. The van der Waals surface area contributed by atoms with E-state index in [0.29, 0.717) is 0 Å². The Morgan fingerprint density at radius 1 is 0.692 bits per heavy atom. The van der Waals surface area contributed by atoms with Gasteiger partial charge in [-0.05, 0) is 0 Å². The summed E-state index contributed by atoms with van der Waals surface area (Å²) >= 11 is 0. The van der Waals surface area contributed by atoms with E-state index in [4.69, 9.17) is 5.11 Å². The van der Waals surface area contributed by atoms with Crippen molar-refractivity contribution in [3.63, 3.8) is 0 Å². The van der Waals surface area contributed by atoms with Gasteiger partial charge in [0.05, 0.1) is 0 Å². The molecule has 0 aromatic heterocycles. The van der Waals surface area contributed by atoms with Crippen LogP contribution in [0.5, 0.6) is 0 Å². The van der Waals surface area contributed by atoms with E-state index in [9.17, 15) is 20.4 Å². The molecule has 7 heteroatoms. The highest BCUT2D eigenvalue weighted by Crippen LogP contribution is 2.43. The fourth-order valence-corrected chi connectivity index (χ4v) is 1.47. The molecule has 1 spiro atoms. The van der Waals surface area contributed by atoms with E-state index in [1.54, 1.807) is 0 Å². The first-order chi connectivity index (χ1) is 6.00.